The van der Waals surface area contributed by atoms with Gasteiger partial charge in [0.2, 0.25) is 10.0 Å². The van der Waals surface area contributed by atoms with Crippen molar-refractivity contribution in [1.82, 2.24) is 4.72 Å². The Kier molecular flexibility index (Phi) is 3.20. The number of nitrogens with one attached hydrogen (secondary N) is 2. The van der Waals surface area contributed by atoms with Gasteiger partial charge in [-0.1, -0.05) is 0 Å². The van der Waals surface area contributed by atoms with E-state index in [2.05, 4.69) is 10.1 Å². The molecule has 1 fully saturated rings. The normalized spacial score (nSPS) is 15.4. The van der Waals surface area contributed by atoms with Gasteiger partial charge in [0.1, 0.15) is 5.69 Å². The fourth-order valence-corrected chi connectivity index (χ4v) is 2.78. The van der Waals surface area contributed by atoms with Crippen molar-refractivity contribution in [2.24, 2.45) is 5.84 Å². The van der Waals surface area contributed by atoms with Crippen molar-refractivity contribution < 1.29 is 13.3 Å². The summed E-state index contributed by atoms with van der Waals surface area (Å²) in [5, 5.41) is 10.7. The molecule has 0 aliphatic heterocycles. The molecule has 0 unspecified atom stereocenters. The van der Waals surface area contributed by atoms with E-state index in [-0.39, 0.29) is 22.3 Å². The molecule has 0 aromatic heterocycles. The van der Waals surface area contributed by atoms with Gasteiger partial charge in [0, 0.05) is 12.1 Å². The molecule has 1 aliphatic rings. The lowest BCUT2D eigenvalue weighted by molar-refractivity contribution is -0.384. The third kappa shape index (κ3) is 2.58. The third-order valence-corrected chi connectivity index (χ3v) is 4.05. The van der Waals surface area contributed by atoms with Gasteiger partial charge in [0.15, 0.2) is 0 Å². The summed E-state index contributed by atoms with van der Waals surface area (Å²) in [5.74, 6) is 5.14. The fraction of sp³-hybridized carbons (Fsp3) is 0.333. The zero-order valence-corrected chi connectivity index (χ0v) is 10.1. The highest BCUT2D eigenvalue weighted by Gasteiger charge is 2.29. The largest absolute Gasteiger partial charge is 0.318 e. The summed E-state index contributed by atoms with van der Waals surface area (Å²) >= 11 is 0. The van der Waals surface area contributed by atoms with E-state index in [1.807, 2.05) is 0 Å². The molecular formula is C9H12N4O4S. The van der Waals surface area contributed by atoms with E-state index in [4.69, 9.17) is 5.84 Å². The van der Waals surface area contributed by atoms with Crippen LogP contribution in [0.3, 0.4) is 0 Å². The molecule has 0 heterocycles. The molecule has 8 nitrogen and oxygen atoms in total. The highest BCUT2D eigenvalue weighted by molar-refractivity contribution is 7.89. The van der Waals surface area contributed by atoms with Gasteiger partial charge < -0.3 is 5.43 Å². The van der Waals surface area contributed by atoms with Crippen molar-refractivity contribution in [3.05, 3.63) is 28.3 Å². The van der Waals surface area contributed by atoms with Crippen LogP contribution in [-0.4, -0.2) is 19.4 Å². The number of hydrogen-bond acceptors (Lipinski definition) is 6. The summed E-state index contributed by atoms with van der Waals surface area (Å²) < 4.78 is 26.2. The third-order valence-electron chi connectivity index (χ3n) is 2.53. The maximum absolute atomic E-state index is 11.9. The zero-order valence-electron chi connectivity index (χ0n) is 9.29. The number of sulfonamides is 1. The monoisotopic (exact) mass is 272 g/mol. The molecule has 2 rings (SSSR count). The van der Waals surface area contributed by atoms with E-state index >= 15 is 0 Å². The molecule has 0 radical (unpaired) electrons. The first-order valence-corrected chi connectivity index (χ1v) is 6.70. The number of anilines is 1. The summed E-state index contributed by atoms with van der Waals surface area (Å²) in [6.45, 7) is 0. The number of hydrazine groups is 1. The van der Waals surface area contributed by atoms with Crippen LogP contribution in [0, 0.1) is 10.1 Å². The molecule has 0 bridgehead atoms. The van der Waals surface area contributed by atoms with Gasteiger partial charge in [-0.3, -0.25) is 16.0 Å². The molecular weight excluding hydrogens is 260 g/mol. The molecule has 18 heavy (non-hydrogen) atoms. The number of nitrogens with two attached hydrogens (primary N) is 1. The summed E-state index contributed by atoms with van der Waals surface area (Å²) in [6, 6.07) is 3.41. The Labute approximate surface area is 103 Å². The van der Waals surface area contributed by atoms with Gasteiger partial charge in [0.25, 0.3) is 5.69 Å². The quantitative estimate of drug-likeness (QED) is 0.402. The van der Waals surface area contributed by atoms with Gasteiger partial charge in [-0.15, -0.1) is 0 Å². The zero-order chi connectivity index (χ0) is 13.3. The second kappa shape index (κ2) is 4.52. The van der Waals surface area contributed by atoms with Crippen LogP contribution in [0.5, 0.6) is 0 Å². The smallest absolute Gasteiger partial charge is 0.293 e. The lowest BCUT2D eigenvalue weighted by Crippen LogP contribution is -2.26. The maximum Gasteiger partial charge on any atom is 0.293 e. The number of nitrogens with zero attached hydrogens (tertiary/aromatic N) is 1. The number of nitro groups is 1. The Bertz CT molecular complexity index is 582. The summed E-state index contributed by atoms with van der Waals surface area (Å²) in [6.07, 6.45) is 1.63. The average Bonchev–Trinajstić information content (AvgIpc) is 3.11. The standard InChI is InChI=1S/C9H12N4O4S/c10-11-8-5-7(3-4-9(8)13(14)15)18(16,17)12-6-1-2-6/h3-6,11-12H,1-2,10H2. The van der Waals surface area contributed by atoms with Gasteiger partial charge >= 0.3 is 0 Å². The predicted octanol–water partition coefficient (Wildman–Crippen LogP) is 0.321. The first-order valence-electron chi connectivity index (χ1n) is 5.21. The molecule has 0 amide bonds. The second-order valence-corrected chi connectivity index (χ2v) is 5.69. The van der Waals surface area contributed by atoms with Crippen molar-refractivity contribution >= 4 is 21.4 Å². The van der Waals surface area contributed by atoms with Crippen LogP contribution >= 0.6 is 0 Å². The minimum Gasteiger partial charge on any atom is -0.318 e. The van der Waals surface area contributed by atoms with Crippen molar-refractivity contribution in [2.75, 3.05) is 5.43 Å². The van der Waals surface area contributed by atoms with Gasteiger partial charge in [0.05, 0.1) is 9.82 Å². The van der Waals surface area contributed by atoms with Crippen LogP contribution in [-0.2, 0) is 10.0 Å². The van der Waals surface area contributed by atoms with Gasteiger partial charge in [-0.2, -0.15) is 0 Å². The maximum atomic E-state index is 11.9. The minimum absolute atomic E-state index is 0.0283. The lowest BCUT2D eigenvalue weighted by Gasteiger charge is -2.07. The Morgan fingerprint density at radius 2 is 2.06 bits per heavy atom. The van der Waals surface area contributed by atoms with E-state index in [1.165, 1.54) is 6.07 Å². The van der Waals surface area contributed by atoms with Gasteiger partial charge in [-0.25, -0.2) is 13.1 Å². The number of nitrogen functional groups attached to an aromatic ring is 1. The molecule has 1 aromatic carbocycles. The molecule has 1 aliphatic carbocycles. The van der Waals surface area contributed by atoms with E-state index in [1.54, 1.807) is 0 Å². The number of rotatable bonds is 5. The van der Waals surface area contributed by atoms with Crippen molar-refractivity contribution in [3.8, 4) is 0 Å². The molecule has 0 spiro atoms. The van der Waals surface area contributed by atoms with Crippen LogP contribution in [0.25, 0.3) is 0 Å². The Morgan fingerprint density at radius 1 is 1.39 bits per heavy atom. The Balaban J connectivity index is 2.37. The van der Waals surface area contributed by atoms with E-state index in [0.717, 1.165) is 25.0 Å². The predicted molar refractivity (Wildman–Crippen MR) is 64.2 cm³/mol. The van der Waals surface area contributed by atoms with Crippen molar-refractivity contribution in [2.45, 2.75) is 23.8 Å². The molecule has 1 aromatic rings. The van der Waals surface area contributed by atoms with Crippen LogP contribution in [0.2, 0.25) is 0 Å². The van der Waals surface area contributed by atoms with Gasteiger partial charge in [-0.05, 0) is 25.0 Å². The Hall–Kier alpha value is -1.71. The Morgan fingerprint density at radius 3 is 2.56 bits per heavy atom. The van der Waals surface area contributed by atoms with Crippen LogP contribution < -0.4 is 16.0 Å². The van der Waals surface area contributed by atoms with Crippen LogP contribution in [0.15, 0.2) is 23.1 Å². The van der Waals surface area contributed by atoms with Crippen molar-refractivity contribution in [1.29, 1.82) is 0 Å². The lowest BCUT2D eigenvalue weighted by atomic mass is 10.3. The molecule has 9 heteroatoms. The number of nitro benzene ring substituents is 1. The first kappa shape index (κ1) is 12.7. The topological polar surface area (TPSA) is 127 Å². The second-order valence-electron chi connectivity index (χ2n) is 3.98. The van der Waals surface area contributed by atoms with E-state index < -0.39 is 14.9 Å². The molecule has 4 N–H and O–H groups in total. The first-order chi connectivity index (χ1) is 8.44. The average molecular weight is 272 g/mol. The summed E-state index contributed by atoms with van der Waals surface area (Å²) in [5.41, 5.74) is 1.81. The molecule has 0 saturated heterocycles. The van der Waals surface area contributed by atoms with Crippen molar-refractivity contribution in [3.63, 3.8) is 0 Å². The van der Waals surface area contributed by atoms with E-state index in [0.29, 0.717) is 0 Å². The van der Waals surface area contributed by atoms with E-state index in [9.17, 15) is 18.5 Å². The minimum atomic E-state index is -3.64. The fourth-order valence-electron chi connectivity index (χ4n) is 1.45. The summed E-state index contributed by atoms with van der Waals surface area (Å²) in [7, 11) is -3.64. The molecule has 98 valence electrons. The highest BCUT2D eigenvalue weighted by atomic mass is 32.2. The summed E-state index contributed by atoms with van der Waals surface area (Å²) in [4.78, 5) is 9.99. The highest BCUT2D eigenvalue weighted by Crippen LogP contribution is 2.28. The SMILES string of the molecule is NNc1cc(S(=O)(=O)NC2CC2)ccc1[N+](=O)[O-]. The number of hydrogen-bond donors (Lipinski definition) is 3. The molecule has 0 atom stereocenters. The van der Waals surface area contributed by atoms with Crippen LogP contribution in [0.4, 0.5) is 11.4 Å². The molecule has 1 saturated carbocycles. The van der Waals surface area contributed by atoms with Crippen LogP contribution in [0.1, 0.15) is 12.8 Å². The number of benzene rings is 1.